The molecule has 0 fully saturated rings. The Balaban J connectivity index is 1.88. The molecule has 22 heavy (non-hydrogen) atoms. The Kier molecular flexibility index (Phi) is 6.09. The van der Waals surface area contributed by atoms with Crippen molar-refractivity contribution in [2.45, 2.75) is 24.6 Å². The molecule has 0 bridgehead atoms. The molecule has 1 heterocycles. The van der Waals surface area contributed by atoms with Gasteiger partial charge in [-0.15, -0.1) is 10.2 Å². The van der Waals surface area contributed by atoms with Crippen LogP contribution in [0.5, 0.6) is 0 Å². The van der Waals surface area contributed by atoms with Crippen molar-refractivity contribution in [3.05, 3.63) is 35.3 Å². The summed E-state index contributed by atoms with van der Waals surface area (Å²) in [5.41, 5.74) is 2.97. The molecule has 1 N–H and O–H groups in total. The summed E-state index contributed by atoms with van der Waals surface area (Å²) >= 11 is 2.79. The molecule has 0 atom stereocenters. The van der Waals surface area contributed by atoms with E-state index in [4.69, 9.17) is 0 Å². The molecule has 1 amide bonds. The van der Waals surface area contributed by atoms with Gasteiger partial charge in [-0.25, -0.2) is 0 Å². The summed E-state index contributed by atoms with van der Waals surface area (Å²) in [6.07, 6.45) is 0.485. The van der Waals surface area contributed by atoms with E-state index in [0.717, 1.165) is 4.34 Å². The van der Waals surface area contributed by atoms with E-state index in [1.165, 1.54) is 23.1 Å². The summed E-state index contributed by atoms with van der Waals surface area (Å²) in [4.78, 5) is 23.7. The predicted octanol–water partition coefficient (Wildman–Crippen LogP) is 3.50. The van der Waals surface area contributed by atoms with Gasteiger partial charge in [0.05, 0.1) is 5.75 Å². The Bertz CT molecular complexity index is 625. The Morgan fingerprint density at radius 3 is 2.59 bits per heavy atom. The van der Waals surface area contributed by atoms with E-state index in [9.17, 15) is 9.59 Å². The van der Waals surface area contributed by atoms with Crippen LogP contribution in [0.4, 0.5) is 5.69 Å². The van der Waals surface area contributed by atoms with Crippen LogP contribution in [-0.4, -0.2) is 27.6 Å². The van der Waals surface area contributed by atoms with E-state index in [1.807, 2.05) is 13.8 Å². The number of anilines is 1. The maximum Gasteiger partial charge on any atom is 0.224 e. The van der Waals surface area contributed by atoms with Crippen molar-refractivity contribution in [1.82, 2.24) is 10.2 Å². The first kappa shape index (κ1) is 16.6. The molecule has 116 valence electrons. The first-order chi connectivity index (χ1) is 10.5. The minimum absolute atomic E-state index is 0.0131. The van der Waals surface area contributed by atoms with Gasteiger partial charge in [0, 0.05) is 17.7 Å². The van der Waals surface area contributed by atoms with Crippen molar-refractivity contribution >= 4 is 40.5 Å². The number of carbonyl (C=O) groups is 2. The fourth-order valence-corrected chi connectivity index (χ4v) is 3.14. The van der Waals surface area contributed by atoms with Gasteiger partial charge in [0.1, 0.15) is 5.51 Å². The zero-order valence-electron chi connectivity index (χ0n) is 12.4. The number of hydrogen-bond acceptors (Lipinski definition) is 6. The van der Waals surface area contributed by atoms with Crippen LogP contribution in [0.25, 0.3) is 0 Å². The molecule has 0 aliphatic carbocycles. The molecule has 2 rings (SSSR count). The number of thioether (sulfide) groups is 1. The molecular weight excluding hydrogens is 318 g/mol. The van der Waals surface area contributed by atoms with Crippen molar-refractivity contribution in [3.63, 3.8) is 0 Å². The zero-order chi connectivity index (χ0) is 15.9. The third kappa shape index (κ3) is 5.23. The smallest absolute Gasteiger partial charge is 0.224 e. The van der Waals surface area contributed by atoms with Gasteiger partial charge < -0.3 is 5.32 Å². The SMILES string of the molecule is CC(C)CC(=O)Nc1ccc(C(=O)CSc2nncs2)cc1. The molecule has 0 spiro atoms. The van der Waals surface area contributed by atoms with Gasteiger partial charge in [-0.05, 0) is 30.2 Å². The molecule has 1 aromatic heterocycles. The summed E-state index contributed by atoms with van der Waals surface area (Å²) in [6.45, 7) is 3.99. The third-order valence-corrected chi connectivity index (χ3v) is 4.61. The first-order valence-electron chi connectivity index (χ1n) is 6.86. The van der Waals surface area contributed by atoms with Crippen LogP contribution >= 0.6 is 23.1 Å². The Labute approximate surface area is 137 Å². The number of benzene rings is 1. The van der Waals surface area contributed by atoms with Crippen molar-refractivity contribution in [3.8, 4) is 0 Å². The van der Waals surface area contributed by atoms with Crippen LogP contribution in [0.15, 0.2) is 34.1 Å². The molecule has 0 saturated carbocycles. The van der Waals surface area contributed by atoms with Gasteiger partial charge in [0.2, 0.25) is 5.91 Å². The second kappa shape index (κ2) is 8.05. The number of amides is 1. The fourth-order valence-electron chi connectivity index (χ4n) is 1.76. The molecule has 0 unspecified atom stereocenters. The summed E-state index contributed by atoms with van der Waals surface area (Å²) in [5.74, 6) is 0.660. The minimum Gasteiger partial charge on any atom is -0.326 e. The third-order valence-electron chi connectivity index (χ3n) is 2.75. The maximum atomic E-state index is 12.1. The van der Waals surface area contributed by atoms with Crippen LogP contribution in [0.2, 0.25) is 0 Å². The Morgan fingerprint density at radius 2 is 2.00 bits per heavy atom. The van der Waals surface area contributed by atoms with Gasteiger partial charge in [0.25, 0.3) is 0 Å². The lowest BCUT2D eigenvalue weighted by Crippen LogP contribution is -2.14. The van der Waals surface area contributed by atoms with Crippen LogP contribution in [0.1, 0.15) is 30.6 Å². The lowest BCUT2D eigenvalue weighted by molar-refractivity contribution is -0.116. The molecule has 0 aliphatic rings. The van der Waals surface area contributed by atoms with Gasteiger partial charge in [-0.1, -0.05) is 36.9 Å². The minimum atomic E-state index is -0.0131. The normalized spacial score (nSPS) is 10.7. The summed E-state index contributed by atoms with van der Waals surface area (Å²) in [7, 11) is 0. The number of Topliss-reactive ketones (excluding diaryl/α,β-unsaturated/α-hetero) is 1. The average molecular weight is 335 g/mol. The van der Waals surface area contributed by atoms with E-state index in [2.05, 4.69) is 15.5 Å². The van der Waals surface area contributed by atoms with E-state index in [0.29, 0.717) is 29.3 Å². The number of nitrogens with one attached hydrogen (secondary N) is 1. The fraction of sp³-hybridized carbons (Fsp3) is 0.333. The monoisotopic (exact) mass is 335 g/mol. The van der Waals surface area contributed by atoms with Gasteiger partial charge in [-0.2, -0.15) is 0 Å². The highest BCUT2D eigenvalue weighted by Crippen LogP contribution is 2.20. The summed E-state index contributed by atoms with van der Waals surface area (Å²) in [5, 5.41) is 10.4. The van der Waals surface area contributed by atoms with Crippen LogP contribution in [0, 0.1) is 5.92 Å². The number of nitrogens with zero attached hydrogens (tertiary/aromatic N) is 2. The highest BCUT2D eigenvalue weighted by Gasteiger charge is 2.09. The Hall–Kier alpha value is -1.73. The largest absolute Gasteiger partial charge is 0.326 e. The molecule has 0 saturated heterocycles. The molecule has 5 nitrogen and oxygen atoms in total. The highest BCUT2D eigenvalue weighted by atomic mass is 32.2. The number of aromatic nitrogens is 2. The first-order valence-corrected chi connectivity index (χ1v) is 8.73. The second-order valence-corrected chi connectivity index (χ2v) is 7.20. The molecule has 2 aromatic rings. The molecule has 1 aromatic carbocycles. The summed E-state index contributed by atoms with van der Waals surface area (Å²) < 4.78 is 0.783. The van der Waals surface area contributed by atoms with Crippen molar-refractivity contribution in [1.29, 1.82) is 0 Å². The average Bonchev–Trinajstić information content (AvgIpc) is 2.98. The topological polar surface area (TPSA) is 72.0 Å². The van der Waals surface area contributed by atoms with Gasteiger partial charge in [-0.3, -0.25) is 9.59 Å². The predicted molar refractivity (Wildman–Crippen MR) is 89.5 cm³/mol. The molecule has 7 heteroatoms. The number of carbonyl (C=O) groups excluding carboxylic acids is 2. The zero-order valence-corrected chi connectivity index (χ0v) is 14.0. The maximum absolute atomic E-state index is 12.1. The van der Waals surface area contributed by atoms with Crippen LogP contribution in [-0.2, 0) is 4.79 Å². The molecular formula is C15H17N3O2S2. The summed E-state index contributed by atoms with van der Waals surface area (Å²) in [6, 6.07) is 6.96. The van der Waals surface area contributed by atoms with Crippen LogP contribution < -0.4 is 5.32 Å². The van der Waals surface area contributed by atoms with E-state index in [1.54, 1.807) is 29.8 Å². The standard InChI is InChI=1S/C15H17N3O2S2/c1-10(2)7-14(20)17-12-5-3-11(4-6-12)13(19)8-21-15-18-16-9-22-15/h3-6,9-10H,7-8H2,1-2H3,(H,17,20). The number of hydrogen-bond donors (Lipinski definition) is 1. The number of rotatable bonds is 7. The van der Waals surface area contributed by atoms with E-state index < -0.39 is 0 Å². The van der Waals surface area contributed by atoms with Gasteiger partial charge in [0.15, 0.2) is 10.1 Å². The van der Waals surface area contributed by atoms with Crippen molar-refractivity contribution in [2.24, 2.45) is 5.92 Å². The second-order valence-electron chi connectivity index (χ2n) is 5.14. The lowest BCUT2D eigenvalue weighted by Gasteiger charge is -2.07. The highest BCUT2D eigenvalue weighted by molar-refractivity contribution is 8.01. The lowest BCUT2D eigenvalue weighted by atomic mass is 10.1. The Morgan fingerprint density at radius 1 is 1.27 bits per heavy atom. The molecule has 0 radical (unpaired) electrons. The quantitative estimate of drug-likeness (QED) is 0.619. The number of ketones is 1. The van der Waals surface area contributed by atoms with Crippen molar-refractivity contribution in [2.75, 3.05) is 11.1 Å². The van der Waals surface area contributed by atoms with E-state index in [-0.39, 0.29) is 11.7 Å². The van der Waals surface area contributed by atoms with Crippen molar-refractivity contribution < 1.29 is 9.59 Å². The van der Waals surface area contributed by atoms with E-state index >= 15 is 0 Å². The van der Waals surface area contributed by atoms with Gasteiger partial charge >= 0.3 is 0 Å². The van der Waals surface area contributed by atoms with Crippen LogP contribution in [0.3, 0.4) is 0 Å². The molecule has 0 aliphatic heterocycles.